The van der Waals surface area contributed by atoms with E-state index in [1.807, 2.05) is 11.0 Å². The van der Waals surface area contributed by atoms with Gasteiger partial charge in [-0.15, -0.1) is 0 Å². The summed E-state index contributed by atoms with van der Waals surface area (Å²) in [6.07, 6.45) is 8.80. The number of nitrogens with zero attached hydrogens (tertiary/aromatic N) is 4. The molecule has 3 heterocycles. The van der Waals surface area contributed by atoms with Gasteiger partial charge in [0, 0.05) is 69.5 Å². The molecule has 3 saturated heterocycles. The summed E-state index contributed by atoms with van der Waals surface area (Å²) in [4.78, 5) is 35.4. The zero-order valence-electron chi connectivity index (χ0n) is 20.7. The third-order valence-corrected chi connectivity index (χ3v) is 8.77. The predicted octanol–water partition coefficient (Wildman–Crippen LogP) is 2.32. The number of carbonyl (C=O) groups is 2. The minimum absolute atomic E-state index is 0.0279. The Morgan fingerprint density at radius 3 is 2.44 bits per heavy atom. The molecule has 7 heteroatoms. The summed E-state index contributed by atoms with van der Waals surface area (Å²) in [5.74, 6) is 0.453. The summed E-state index contributed by atoms with van der Waals surface area (Å²) in [7, 11) is 2.18. The van der Waals surface area contributed by atoms with Crippen LogP contribution in [0.15, 0.2) is 30.3 Å². The van der Waals surface area contributed by atoms with Gasteiger partial charge in [-0.05, 0) is 44.9 Å². The normalized spacial score (nSPS) is 29.6. The second-order valence-corrected chi connectivity index (χ2v) is 10.6. The Bertz CT molecular complexity index is 835. The average molecular weight is 468 g/mol. The lowest BCUT2D eigenvalue weighted by Crippen LogP contribution is -2.53. The lowest BCUT2D eigenvalue weighted by molar-refractivity contribution is -0.132. The van der Waals surface area contributed by atoms with Crippen molar-refractivity contribution >= 4 is 17.5 Å². The highest BCUT2D eigenvalue weighted by Crippen LogP contribution is 2.33. The molecule has 1 N–H and O–H groups in total. The number of fused-ring (bicyclic) bond motifs is 1. The van der Waals surface area contributed by atoms with Crippen LogP contribution in [0.5, 0.6) is 0 Å². The van der Waals surface area contributed by atoms with Gasteiger partial charge in [0.15, 0.2) is 0 Å². The Labute approximate surface area is 204 Å². The first-order valence-corrected chi connectivity index (χ1v) is 13.4. The molecule has 1 saturated carbocycles. The molecule has 0 radical (unpaired) electrons. The minimum Gasteiger partial charge on any atom is -0.368 e. The number of rotatable bonds is 5. The van der Waals surface area contributed by atoms with Gasteiger partial charge in [-0.1, -0.05) is 37.5 Å². The van der Waals surface area contributed by atoms with Gasteiger partial charge in [-0.3, -0.25) is 19.4 Å². The van der Waals surface area contributed by atoms with Gasteiger partial charge in [0.2, 0.25) is 11.8 Å². The number of hydrogen-bond donors (Lipinski definition) is 1. The maximum Gasteiger partial charge on any atom is 0.239 e. The number of likely N-dealkylation sites (tertiary alicyclic amines) is 1. The molecule has 4 aliphatic rings. The molecule has 1 aromatic rings. The van der Waals surface area contributed by atoms with Gasteiger partial charge in [-0.25, -0.2) is 0 Å². The first-order chi connectivity index (χ1) is 16.6. The van der Waals surface area contributed by atoms with Crippen molar-refractivity contribution in [2.24, 2.45) is 0 Å². The van der Waals surface area contributed by atoms with Crippen molar-refractivity contribution in [3.05, 3.63) is 30.3 Å². The smallest absolute Gasteiger partial charge is 0.239 e. The van der Waals surface area contributed by atoms with Crippen molar-refractivity contribution in [3.8, 4) is 0 Å². The Morgan fingerprint density at radius 2 is 1.71 bits per heavy atom. The highest BCUT2D eigenvalue weighted by Gasteiger charge is 2.47. The van der Waals surface area contributed by atoms with E-state index in [9.17, 15) is 9.59 Å². The monoisotopic (exact) mass is 467 g/mol. The SMILES string of the molecule is CN1[C@@H](CCC(=O)N2CCN(c3ccccc3)CC2)CNC(=O)[C@@H]2[C@H]1CCN2C1CCCCC1. The Kier molecular flexibility index (Phi) is 7.40. The molecule has 5 rings (SSSR count). The number of likely N-dealkylation sites (N-methyl/N-ethyl adjacent to an activating group) is 1. The van der Waals surface area contributed by atoms with E-state index in [4.69, 9.17) is 0 Å². The Balaban J connectivity index is 1.13. The second kappa shape index (κ2) is 10.6. The highest BCUT2D eigenvalue weighted by atomic mass is 16.2. The van der Waals surface area contributed by atoms with Crippen LogP contribution in [0.25, 0.3) is 0 Å². The quantitative estimate of drug-likeness (QED) is 0.720. The number of piperazine rings is 1. The van der Waals surface area contributed by atoms with Crippen LogP contribution < -0.4 is 10.2 Å². The molecule has 3 atom stereocenters. The van der Waals surface area contributed by atoms with Crippen molar-refractivity contribution in [3.63, 3.8) is 0 Å². The van der Waals surface area contributed by atoms with Crippen LogP contribution in [0.1, 0.15) is 51.4 Å². The number of nitrogens with one attached hydrogen (secondary N) is 1. The molecule has 1 aromatic carbocycles. The van der Waals surface area contributed by atoms with Crippen molar-refractivity contribution in [2.45, 2.75) is 75.5 Å². The summed E-state index contributed by atoms with van der Waals surface area (Å²) in [5.41, 5.74) is 1.24. The number of para-hydroxylation sites is 1. The zero-order valence-corrected chi connectivity index (χ0v) is 20.7. The third kappa shape index (κ3) is 4.96. The standard InChI is InChI=1S/C27H41N5O2/c1-29-23(12-13-25(33)31-18-16-30(17-19-31)21-8-4-2-5-9-21)20-28-27(34)26-24(29)14-15-32(26)22-10-6-3-7-11-22/h2,4-5,8-9,22-24,26H,3,6-7,10-20H2,1H3,(H,28,34)/t23-,24+,26-/m0/s1. The van der Waals surface area contributed by atoms with E-state index in [1.54, 1.807) is 0 Å². The topological polar surface area (TPSA) is 59.1 Å². The molecule has 0 spiro atoms. The van der Waals surface area contributed by atoms with Crippen molar-refractivity contribution < 1.29 is 9.59 Å². The molecule has 0 unspecified atom stereocenters. The molecule has 7 nitrogen and oxygen atoms in total. The zero-order chi connectivity index (χ0) is 23.5. The van der Waals surface area contributed by atoms with E-state index in [1.165, 1.54) is 37.8 Å². The van der Waals surface area contributed by atoms with E-state index in [-0.39, 0.29) is 29.9 Å². The van der Waals surface area contributed by atoms with E-state index >= 15 is 0 Å². The molecular formula is C27H41N5O2. The maximum absolute atomic E-state index is 13.1. The van der Waals surface area contributed by atoms with Gasteiger partial charge in [-0.2, -0.15) is 0 Å². The van der Waals surface area contributed by atoms with Gasteiger partial charge < -0.3 is 15.1 Å². The van der Waals surface area contributed by atoms with Crippen LogP contribution in [0.2, 0.25) is 0 Å². The summed E-state index contributed by atoms with van der Waals surface area (Å²) >= 11 is 0. The van der Waals surface area contributed by atoms with Crippen LogP contribution in [-0.2, 0) is 9.59 Å². The molecule has 3 aliphatic heterocycles. The van der Waals surface area contributed by atoms with Gasteiger partial charge >= 0.3 is 0 Å². The summed E-state index contributed by atoms with van der Waals surface area (Å²) in [5, 5.41) is 3.24. The first kappa shape index (κ1) is 23.6. The third-order valence-electron chi connectivity index (χ3n) is 8.77. The fourth-order valence-corrected chi connectivity index (χ4v) is 6.72. The van der Waals surface area contributed by atoms with E-state index < -0.39 is 0 Å². The summed E-state index contributed by atoms with van der Waals surface area (Å²) in [6, 6.07) is 11.5. The molecule has 1 aliphatic carbocycles. The van der Waals surface area contributed by atoms with Gasteiger partial charge in [0.05, 0.1) is 0 Å². The van der Waals surface area contributed by atoms with Crippen molar-refractivity contribution in [1.29, 1.82) is 0 Å². The molecule has 186 valence electrons. The van der Waals surface area contributed by atoms with Crippen LogP contribution in [0.3, 0.4) is 0 Å². The molecular weight excluding hydrogens is 426 g/mol. The number of carbonyl (C=O) groups excluding carboxylic acids is 2. The van der Waals surface area contributed by atoms with Crippen molar-refractivity contribution in [2.75, 3.05) is 51.2 Å². The molecule has 0 bridgehead atoms. The van der Waals surface area contributed by atoms with Gasteiger partial charge in [0.25, 0.3) is 0 Å². The van der Waals surface area contributed by atoms with E-state index in [0.29, 0.717) is 19.0 Å². The number of amides is 2. The maximum atomic E-state index is 13.1. The summed E-state index contributed by atoms with van der Waals surface area (Å²) < 4.78 is 0. The number of benzene rings is 1. The van der Waals surface area contributed by atoms with Gasteiger partial charge in [0.1, 0.15) is 6.04 Å². The lowest BCUT2D eigenvalue weighted by Gasteiger charge is -2.38. The average Bonchev–Trinajstić information content (AvgIpc) is 3.30. The van der Waals surface area contributed by atoms with Crippen LogP contribution in [-0.4, -0.2) is 97.0 Å². The molecule has 34 heavy (non-hydrogen) atoms. The second-order valence-electron chi connectivity index (χ2n) is 10.6. The first-order valence-electron chi connectivity index (χ1n) is 13.4. The molecule has 2 amide bonds. The molecule has 4 fully saturated rings. The molecule has 0 aromatic heterocycles. The Morgan fingerprint density at radius 1 is 0.971 bits per heavy atom. The van der Waals surface area contributed by atoms with Crippen LogP contribution in [0.4, 0.5) is 5.69 Å². The number of anilines is 1. The lowest BCUT2D eigenvalue weighted by atomic mass is 9.93. The predicted molar refractivity (Wildman–Crippen MR) is 135 cm³/mol. The largest absolute Gasteiger partial charge is 0.368 e. The van der Waals surface area contributed by atoms with Crippen LogP contribution >= 0.6 is 0 Å². The van der Waals surface area contributed by atoms with E-state index in [2.05, 4.69) is 51.3 Å². The fourth-order valence-electron chi connectivity index (χ4n) is 6.72. The number of hydrogen-bond acceptors (Lipinski definition) is 5. The van der Waals surface area contributed by atoms with Crippen LogP contribution in [0, 0.1) is 0 Å². The van der Waals surface area contributed by atoms with E-state index in [0.717, 1.165) is 45.6 Å². The van der Waals surface area contributed by atoms with Crippen molar-refractivity contribution in [1.82, 2.24) is 20.0 Å². The summed E-state index contributed by atoms with van der Waals surface area (Å²) in [6.45, 7) is 5.01. The fraction of sp³-hybridized carbons (Fsp3) is 0.704. The Hall–Kier alpha value is -2.12. The minimum atomic E-state index is -0.0279. The highest BCUT2D eigenvalue weighted by molar-refractivity contribution is 5.83.